The van der Waals surface area contributed by atoms with E-state index in [4.69, 9.17) is 68.0 Å². The Bertz CT molecular complexity index is 5930. The number of benzene rings is 5. The molecular weight excluding hydrogens is 1770 g/mol. The standard InChI is InChI=1S/C23H25ClN8O2.C22H23ClN8O2.C22H22ClN7O2S.C21H21ClN6O2/c1-30-9-11-32(12-10-30)20(25)15-3-5-16(6-4-15)22(33)29-21-18(14-27-31(21)2)23(34)28-19-8-7-17(24)13-26-19;1-30-20(17(13-27-30)22(33)28-18-7-6-16(23)12-26-18)29-21(32)15-4-2-14(3-5-15)19(24)31-10-8-25-9-11-31;1-29-20(17(13-26-29)22(32)27-18-7-6-16(23)12-25-18)28-21(31)15-4-2-14(3-5-15)19(24)30-8-10-33-11-9-30;1-27(2)18(23)13-4-6-14(7-5-13)20(29)26-19-17(12-24-28(19)3)21(30)25-16-10-8-15(22)9-11-16/h3-8,13-14,25H,9-12H2,1-2H3,(H,29,33)(H,26,28,34);2-7,12-13,24-25H,8-11H2,1H3,(H,29,32)(H,26,28,33);2-7,12-13,24H,8-11H2,1H3,(H,28,31)(H,25,27,32);4-12,23H,1-3H3,(H,25,30)(H,26,29). The molecule has 12 aromatic rings. The summed E-state index contributed by atoms with van der Waals surface area (Å²) in [6.07, 6.45) is 9.80. The van der Waals surface area contributed by atoms with E-state index in [9.17, 15) is 38.4 Å². The molecule has 130 heavy (non-hydrogen) atoms. The van der Waals surface area contributed by atoms with Crippen molar-refractivity contribution in [3.63, 3.8) is 0 Å². The van der Waals surface area contributed by atoms with Crippen LogP contribution in [0.2, 0.25) is 20.1 Å². The lowest BCUT2D eigenvalue weighted by atomic mass is 10.1. The maximum Gasteiger partial charge on any atom is 0.262 e. The summed E-state index contributed by atoms with van der Waals surface area (Å²) >= 11 is 25.2. The Labute approximate surface area is 771 Å². The minimum absolute atomic E-state index is 0.194. The second kappa shape index (κ2) is 44.3. The lowest BCUT2D eigenvalue weighted by Crippen LogP contribution is -2.47. The molecule has 3 fully saturated rings. The number of thioether (sulfide) groups is 1. The minimum Gasteiger partial charge on any atom is -0.363 e. The molecule has 0 spiro atoms. The zero-order valence-electron chi connectivity index (χ0n) is 71.4. The number of carbonyl (C=O) groups is 8. The molecule has 0 atom stereocenters. The zero-order chi connectivity index (χ0) is 92.8. The van der Waals surface area contributed by atoms with E-state index < -0.39 is 29.5 Å². The number of pyridine rings is 3. The Balaban J connectivity index is 0.000000157. The van der Waals surface area contributed by atoms with E-state index in [1.165, 1.54) is 62.1 Å². The van der Waals surface area contributed by atoms with Crippen LogP contribution in [-0.2, 0) is 28.2 Å². The molecule has 5 aromatic carbocycles. The van der Waals surface area contributed by atoms with Crippen LogP contribution in [0.4, 0.5) is 46.4 Å². The van der Waals surface area contributed by atoms with E-state index in [0.29, 0.717) is 94.4 Å². The van der Waals surface area contributed by atoms with E-state index in [1.54, 1.807) is 205 Å². The normalized spacial score (nSPS) is 12.9. The Hall–Kier alpha value is -14.5. The number of aryl methyl sites for hydroxylation is 4. The van der Waals surface area contributed by atoms with Crippen LogP contribution in [0.25, 0.3) is 0 Å². The van der Waals surface area contributed by atoms with Gasteiger partial charge in [0.1, 0.15) is 86.3 Å². The molecule has 3 saturated heterocycles. The number of amides is 8. The second-order valence-corrected chi connectivity index (χ2v) is 32.5. The summed E-state index contributed by atoms with van der Waals surface area (Å²) in [5, 5.41) is 76.6. The van der Waals surface area contributed by atoms with Gasteiger partial charge in [-0.25, -0.2) is 15.0 Å². The van der Waals surface area contributed by atoms with Crippen molar-refractivity contribution < 1.29 is 38.4 Å². The van der Waals surface area contributed by atoms with Crippen molar-refractivity contribution in [3.05, 3.63) is 288 Å². The largest absolute Gasteiger partial charge is 0.363 e. The fraction of sp³-hybridized carbons (Fsp3) is 0.216. The highest BCUT2D eigenvalue weighted by Crippen LogP contribution is 2.27. The highest BCUT2D eigenvalue weighted by atomic mass is 35.5. The van der Waals surface area contributed by atoms with Gasteiger partial charge in [0.05, 0.1) is 39.9 Å². The SMILES string of the molecule is CN(C)C(=N)c1ccc(C(=O)Nc2c(C(=O)Nc3ccc(Cl)cc3)cnn2C)cc1.CN1CCN(C(=N)c2ccc(C(=O)Nc3c(C(=O)Nc4ccc(Cl)cn4)cnn3C)cc2)CC1.Cn1ncc(C(=O)Nc2ccc(Cl)cn2)c1NC(=O)c1ccc(C(=N)N2CCNCC2)cc1.Cn1ncc(C(=O)Nc2ccc(Cl)cn2)c1NC(=O)c1ccc(C(=N)N2CCSCC2)cc1. The average Bonchev–Trinajstić information content (AvgIpc) is 1.70. The maximum absolute atomic E-state index is 12.9. The van der Waals surface area contributed by atoms with Gasteiger partial charge in [-0.1, -0.05) is 94.9 Å². The molecule has 10 heterocycles. The number of halogens is 4. The van der Waals surface area contributed by atoms with Gasteiger partial charge in [-0.2, -0.15) is 32.2 Å². The zero-order valence-corrected chi connectivity index (χ0v) is 75.2. The molecule has 15 rings (SSSR count). The molecule has 0 aliphatic carbocycles. The third-order valence-corrected chi connectivity index (χ3v) is 22.2. The molecule has 8 amide bonds. The molecule has 670 valence electrons. The van der Waals surface area contributed by atoms with Gasteiger partial charge in [0.2, 0.25) is 0 Å². The Morgan fingerprint density at radius 2 is 0.600 bits per heavy atom. The topological polar surface area (TPSA) is 466 Å². The summed E-state index contributed by atoms with van der Waals surface area (Å²) in [5.41, 5.74) is 5.95. The molecule has 3 aliphatic rings. The number of nitrogens with one attached hydrogen (secondary N) is 13. The average molecular weight is 1860 g/mol. The fourth-order valence-electron chi connectivity index (χ4n) is 13.0. The van der Waals surface area contributed by atoms with E-state index >= 15 is 0 Å². The van der Waals surface area contributed by atoms with Crippen molar-refractivity contribution in [2.45, 2.75) is 0 Å². The van der Waals surface area contributed by atoms with Crippen molar-refractivity contribution in [2.24, 2.45) is 28.2 Å². The molecular formula is C88H91Cl4N29O8S. The molecule has 37 nitrogen and oxygen atoms in total. The molecule has 3 aliphatic heterocycles. The van der Waals surface area contributed by atoms with Gasteiger partial charge >= 0.3 is 0 Å². The number of likely N-dealkylation sites (N-methyl/N-ethyl adjacent to an activating group) is 1. The number of anilines is 8. The first kappa shape index (κ1) is 94.6. The maximum atomic E-state index is 12.9. The number of hydrogen-bond acceptors (Lipinski definition) is 22. The summed E-state index contributed by atoms with van der Waals surface area (Å²) in [5.74, 6) is 2.39. The van der Waals surface area contributed by atoms with Crippen LogP contribution in [0.3, 0.4) is 0 Å². The first-order valence-corrected chi connectivity index (χ1v) is 42.9. The number of nitrogens with zero attached hydrogens (tertiary/aromatic N) is 16. The van der Waals surface area contributed by atoms with Crippen LogP contribution >= 0.6 is 58.2 Å². The summed E-state index contributed by atoms with van der Waals surface area (Å²) < 4.78 is 5.67. The molecule has 0 unspecified atom stereocenters. The molecule has 0 bridgehead atoms. The van der Waals surface area contributed by atoms with Crippen LogP contribution in [0.1, 0.15) is 105 Å². The minimum atomic E-state index is -0.465. The van der Waals surface area contributed by atoms with Gasteiger partial charge in [0.25, 0.3) is 47.3 Å². The lowest BCUT2D eigenvalue weighted by Gasteiger charge is -2.34. The van der Waals surface area contributed by atoms with Crippen molar-refractivity contribution in [1.82, 2.24) is 83.9 Å². The first-order valence-electron chi connectivity index (χ1n) is 40.3. The van der Waals surface area contributed by atoms with E-state index in [2.05, 4.69) is 95.1 Å². The quantitative estimate of drug-likeness (QED) is 0.0249. The van der Waals surface area contributed by atoms with Gasteiger partial charge in [-0.05, 0) is 116 Å². The van der Waals surface area contributed by atoms with Crippen LogP contribution in [-0.4, -0.2) is 247 Å². The summed E-state index contributed by atoms with van der Waals surface area (Å²) in [7, 11) is 12.2. The first-order chi connectivity index (χ1) is 62.4. The summed E-state index contributed by atoms with van der Waals surface area (Å²) in [4.78, 5) is 124. The lowest BCUT2D eigenvalue weighted by molar-refractivity contribution is 0.101. The molecule has 7 aromatic heterocycles. The predicted molar refractivity (Wildman–Crippen MR) is 505 cm³/mol. The summed E-state index contributed by atoms with van der Waals surface area (Å²) in [6, 6.07) is 43.5. The molecule has 0 radical (unpaired) electrons. The van der Waals surface area contributed by atoms with E-state index in [-0.39, 0.29) is 63.2 Å². The number of hydrogen-bond donors (Lipinski definition) is 13. The summed E-state index contributed by atoms with van der Waals surface area (Å²) in [6.45, 7) is 8.37. The monoisotopic (exact) mass is 1850 g/mol. The third kappa shape index (κ3) is 25.0. The third-order valence-electron chi connectivity index (χ3n) is 20.4. The molecule has 13 N–H and O–H groups in total. The number of carbonyl (C=O) groups excluding carboxylic acids is 8. The van der Waals surface area contributed by atoms with E-state index in [1.807, 2.05) is 26.5 Å². The Morgan fingerprint density at radius 3 is 0.900 bits per heavy atom. The number of rotatable bonds is 20. The van der Waals surface area contributed by atoms with Gasteiger partial charge < -0.3 is 72.4 Å². The Morgan fingerprint density at radius 1 is 0.323 bits per heavy atom. The van der Waals surface area contributed by atoms with Gasteiger partial charge in [-0.15, -0.1) is 0 Å². The van der Waals surface area contributed by atoms with Gasteiger partial charge in [0, 0.05) is 193 Å². The molecule has 42 heteroatoms. The van der Waals surface area contributed by atoms with Crippen molar-refractivity contribution in [2.75, 3.05) is 141 Å². The second-order valence-electron chi connectivity index (χ2n) is 29.6. The fourth-order valence-corrected chi connectivity index (χ4v) is 14.4. The number of aromatic nitrogens is 11. The van der Waals surface area contributed by atoms with Crippen LogP contribution in [0.15, 0.2) is 201 Å². The van der Waals surface area contributed by atoms with Gasteiger partial charge in [0.15, 0.2) is 0 Å². The predicted octanol–water partition coefficient (Wildman–Crippen LogP) is 11.6. The van der Waals surface area contributed by atoms with Crippen LogP contribution < -0.4 is 47.9 Å². The Kier molecular flexibility index (Phi) is 32.2. The number of piperazine rings is 2. The van der Waals surface area contributed by atoms with Crippen molar-refractivity contribution in [3.8, 4) is 0 Å². The van der Waals surface area contributed by atoms with Crippen LogP contribution in [0.5, 0.6) is 0 Å². The van der Waals surface area contributed by atoms with Crippen molar-refractivity contribution in [1.29, 1.82) is 21.6 Å². The number of amidine groups is 4. The van der Waals surface area contributed by atoms with Gasteiger partial charge in [-0.3, -0.25) is 78.7 Å². The smallest absolute Gasteiger partial charge is 0.262 e. The van der Waals surface area contributed by atoms with Crippen LogP contribution in [0, 0.1) is 21.6 Å². The van der Waals surface area contributed by atoms with E-state index in [0.717, 1.165) is 93.6 Å². The highest BCUT2D eigenvalue weighted by molar-refractivity contribution is 7.99. The highest BCUT2D eigenvalue weighted by Gasteiger charge is 2.27. The molecule has 0 saturated carbocycles. The van der Waals surface area contributed by atoms with Crippen molar-refractivity contribution >= 4 is 175 Å².